The van der Waals surface area contributed by atoms with Gasteiger partial charge in [-0.05, 0) is 12.6 Å². The van der Waals surface area contributed by atoms with Crippen LogP contribution in [-0.2, 0) is 6.54 Å². The number of nitrogens with zero attached hydrogens (tertiary/aromatic N) is 1. The van der Waals surface area contributed by atoms with Crippen LogP contribution in [0.25, 0.3) is 0 Å². The van der Waals surface area contributed by atoms with Crippen molar-refractivity contribution < 1.29 is 13.2 Å². The van der Waals surface area contributed by atoms with Gasteiger partial charge in [0.1, 0.15) is 0 Å². The standard InChI is InChI=1S/C12H17F3N2/c1-17(8-10-5-3-2-4-6-10)9-11(16)7-12(13,14)15/h2-6,11H,7-9,16H2,1H3. The molecule has 1 rings (SSSR count). The highest BCUT2D eigenvalue weighted by molar-refractivity contribution is 5.14. The van der Waals surface area contributed by atoms with Crippen LogP contribution >= 0.6 is 0 Å². The Kier molecular flexibility index (Phi) is 4.96. The van der Waals surface area contributed by atoms with Gasteiger partial charge in [-0.3, -0.25) is 0 Å². The van der Waals surface area contributed by atoms with Crippen LogP contribution in [0.5, 0.6) is 0 Å². The number of hydrogen-bond acceptors (Lipinski definition) is 2. The summed E-state index contributed by atoms with van der Waals surface area (Å²) >= 11 is 0. The van der Waals surface area contributed by atoms with Crippen LogP contribution in [0.3, 0.4) is 0 Å². The monoisotopic (exact) mass is 246 g/mol. The fourth-order valence-electron chi connectivity index (χ4n) is 1.72. The van der Waals surface area contributed by atoms with E-state index in [9.17, 15) is 13.2 Å². The maximum absolute atomic E-state index is 12.1. The molecule has 0 saturated heterocycles. The number of rotatable bonds is 5. The Balaban J connectivity index is 2.37. The molecule has 1 unspecified atom stereocenters. The first kappa shape index (κ1) is 14.0. The highest BCUT2D eigenvalue weighted by Gasteiger charge is 2.30. The van der Waals surface area contributed by atoms with Gasteiger partial charge in [0.15, 0.2) is 0 Å². The minimum absolute atomic E-state index is 0.231. The molecule has 0 saturated carbocycles. The van der Waals surface area contributed by atoms with E-state index in [1.54, 1.807) is 11.9 Å². The van der Waals surface area contributed by atoms with Crippen molar-refractivity contribution in [2.45, 2.75) is 25.2 Å². The molecule has 5 heteroatoms. The zero-order valence-electron chi connectivity index (χ0n) is 9.74. The molecule has 0 bridgehead atoms. The zero-order valence-corrected chi connectivity index (χ0v) is 9.74. The summed E-state index contributed by atoms with van der Waals surface area (Å²) in [6.07, 6.45) is -5.13. The van der Waals surface area contributed by atoms with Gasteiger partial charge in [-0.1, -0.05) is 30.3 Å². The molecule has 2 nitrogen and oxygen atoms in total. The molecule has 0 heterocycles. The van der Waals surface area contributed by atoms with Gasteiger partial charge in [0, 0.05) is 19.1 Å². The second kappa shape index (κ2) is 6.02. The number of alkyl halides is 3. The molecular formula is C12H17F3N2. The number of hydrogen-bond donors (Lipinski definition) is 1. The smallest absolute Gasteiger partial charge is 0.326 e. The third kappa shape index (κ3) is 6.28. The second-order valence-electron chi connectivity index (χ2n) is 4.26. The predicted octanol–water partition coefficient (Wildman–Crippen LogP) is 2.40. The van der Waals surface area contributed by atoms with Crippen molar-refractivity contribution in [2.75, 3.05) is 13.6 Å². The Labute approximate surface area is 99.2 Å². The van der Waals surface area contributed by atoms with Crippen LogP contribution < -0.4 is 5.73 Å². The SMILES string of the molecule is CN(Cc1ccccc1)CC(N)CC(F)(F)F. The summed E-state index contributed by atoms with van der Waals surface area (Å²) in [5.41, 5.74) is 6.52. The Morgan fingerprint density at radius 2 is 1.82 bits per heavy atom. The van der Waals surface area contributed by atoms with Crippen molar-refractivity contribution in [2.24, 2.45) is 5.73 Å². The van der Waals surface area contributed by atoms with Crippen LogP contribution in [-0.4, -0.2) is 30.7 Å². The summed E-state index contributed by atoms with van der Waals surface area (Å²) in [6.45, 7) is 0.834. The Bertz CT molecular complexity index is 324. The van der Waals surface area contributed by atoms with Crippen molar-refractivity contribution in [3.8, 4) is 0 Å². The van der Waals surface area contributed by atoms with Crippen molar-refractivity contribution >= 4 is 0 Å². The van der Waals surface area contributed by atoms with E-state index in [0.717, 1.165) is 5.56 Å². The lowest BCUT2D eigenvalue weighted by molar-refractivity contribution is -0.138. The van der Waals surface area contributed by atoms with Crippen LogP contribution in [0.15, 0.2) is 30.3 Å². The van der Waals surface area contributed by atoms with Crippen LogP contribution in [0.2, 0.25) is 0 Å². The van der Waals surface area contributed by atoms with Crippen molar-refractivity contribution in [3.63, 3.8) is 0 Å². The molecule has 0 fully saturated rings. The van der Waals surface area contributed by atoms with E-state index >= 15 is 0 Å². The first-order valence-corrected chi connectivity index (χ1v) is 5.41. The molecule has 0 amide bonds. The molecular weight excluding hydrogens is 229 g/mol. The molecule has 96 valence electrons. The lowest BCUT2D eigenvalue weighted by atomic mass is 10.2. The van der Waals surface area contributed by atoms with Gasteiger partial charge >= 0.3 is 6.18 Å². The highest BCUT2D eigenvalue weighted by Crippen LogP contribution is 2.21. The van der Waals surface area contributed by atoms with Crippen molar-refractivity contribution in [1.29, 1.82) is 0 Å². The largest absolute Gasteiger partial charge is 0.390 e. The molecule has 1 atom stereocenters. The fraction of sp³-hybridized carbons (Fsp3) is 0.500. The molecule has 2 N–H and O–H groups in total. The van der Waals surface area contributed by atoms with E-state index in [-0.39, 0.29) is 6.54 Å². The summed E-state index contributed by atoms with van der Waals surface area (Å²) in [6, 6.07) is 8.71. The predicted molar refractivity (Wildman–Crippen MR) is 61.4 cm³/mol. The van der Waals surface area contributed by atoms with Gasteiger partial charge in [-0.2, -0.15) is 13.2 Å². The summed E-state index contributed by atoms with van der Waals surface area (Å²) in [4.78, 5) is 1.80. The van der Waals surface area contributed by atoms with Gasteiger partial charge in [0.2, 0.25) is 0 Å². The number of nitrogens with two attached hydrogens (primary N) is 1. The second-order valence-corrected chi connectivity index (χ2v) is 4.26. The summed E-state index contributed by atoms with van der Waals surface area (Å²) < 4.78 is 36.3. The van der Waals surface area contributed by atoms with E-state index in [0.29, 0.717) is 6.54 Å². The zero-order chi connectivity index (χ0) is 12.9. The molecule has 0 aliphatic rings. The minimum Gasteiger partial charge on any atom is -0.326 e. The Hall–Kier alpha value is -1.07. The molecule has 0 spiro atoms. The summed E-state index contributed by atoms with van der Waals surface area (Å²) in [5.74, 6) is 0. The number of benzene rings is 1. The molecule has 0 radical (unpaired) electrons. The molecule has 0 aliphatic heterocycles. The molecule has 0 aliphatic carbocycles. The van der Waals surface area contributed by atoms with E-state index in [1.807, 2.05) is 30.3 Å². The van der Waals surface area contributed by atoms with Gasteiger partial charge in [-0.25, -0.2) is 0 Å². The third-order valence-corrected chi connectivity index (χ3v) is 2.34. The topological polar surface area (TPSA) is 29.3 Å². The maximum atomic E-state index is 12.1. The molecule has 1 aromatic rings. The first-order chi connectivity index (χ1) is 7.87. The lowest BCUT2D eigenvalue weighted by Crippen LogP contribution is -2.38. The molecule has 1 aromatic carbocycles. The maximum Gasteiger partial charge on any atom is 0.390 e. The quantitative estimate of drug-likeness (QED) is 0.864. The van der Waals surface area contributed by atoms with E-state index in [2.05, 4.69) is 0 Å². The van der Waals surface area contributed by atoms with Crippen LogP contribution in [0.1, 0.15) is 12.0 Å². The molecule has 0 aromatic heterocycles. The van der Waals surface area contributed by atoms with Gasteiger partial charge in [-0.15, -0.1) is 0 Å². The highest BCUT2D eigenvalue weighted by atomic mass is 19.4. The van der Waals surface area contributed by atoms with E-state index in [1.165, 1.54) is 0 Å². The number of halogens is 3. The van der Waals surface area contributed by atoms with E-state index < -0.39 is 18.6 Å². The van der Waals surface area contributed by atoms with Crippen molar-refractivity contribution in [1.82, 2.24) is 4.90 Å². The van der Waals surface area contributed by atoms with Crippen LogP contribution in [0.4, 0.5) is 13.2 Å². The van der Waals surface area contributed by atoms with E-state index in [4.69, 9.17) is 5.73 Å². The van der Waals surface area contributed by atoms with Crippen molar-refractivity contribution in [3.05, 3.63) is 35.9 Å². The normalized spacial score (nSPS) is 14.0. The fourth-order valence-corrected chi connectivity index (χ4v) is 1.72. The Morgan fingerprint density at radius 1 is 1.24 bits per heavy atom. The van der Waals surface area contributed by atoms with Gasteiger partial charge in [0.05, 0.1) is 6.42 Å². The third-order valence-electron chi connectivity index (χ3n) is 2.34. The average Bonchev–Trinajstić information content (AvgIpc) is 2.15. The Morgan fingerprint density at radius 3 is 2.35 bits per heavy atom. The van der Waals surface area contributed by atoms with Gasteiger partial charge in [0.25, 0.3) is 0 Å². The average molecular weight is 246 g/mol. The summed E-state index contributed by atoms with van der Waals surface area (Å²) in [5, 5.41) is 0. The summed E-state index contributed by atoms with van der Waals surface area (Å²) in [7, 11) is 1.77. The first-order valence-electron chi connectivity index (χ1n) is 5.41. The number of likely N-dealkylation sites (N-methyl/N-ethyl adjacent to an activating group) is 1. The lowest BCUT2D eigenvalue weighted by Gasteiger charge is -2.22. The van der Waals surface area contributed by atoms with Crippen LogP contribution in [0, 0.1) is 0 Å². The van der Waals surface area contributed by atoms with Gasteiger partial charge < -0.3 is 10.6 Å². The minimum atomic E-state index is -4.19. The molecule has 17 heavy (non-hydrogen) atoms.